The van der Waals surface area contributed by atoms with Gasteiger partial charge in [0.15, 0.2) is 0 Å². The number of furan rings is 1. The standard InChI is InChI=1S/C17H15N3O4/c1-9-4-11-5-10(2-3-15(11)24-9)16(21)20-7-13-12(18-8-19-13)6-14(20)17(22)23/h2-5,8,14H,6-7H2,1H3,(H,18,19)(H,22,23). The molecular formula is C17H15N3O4. The summed E-state index contributed by atoms with van der Waals surface area (Å²) in [5, 5.41) is 10.3. The number of carboxylic acid groups (broad SMARTS) is 1. The predicted molar refractivity (Wildman–Crippen MR) is 84.5 cm³/mol. The van der Waals surface area contributed by atoms with Crippen LogP contribution in [0.1, 0.15) is 27.5 Å². The monoisotopic (exact) mass is 325 g/mol. The quantitative estimate of drug-likeness (QED) is 0.752. The SMILES string of the molecule is Cc1cc2cc(C(=O)N3Cc4[nH]cnc4CC3C(=O)O)ccc2o1. The summed E-state index contributed by atoms with van der Waals surface area (Å²) in [6, 6.07) is 6.06. The largest absolute Gasteiger partial charge is 0.480 e. The lowest BCUT2D eigenvalue weighted by Crippen LogP contribution is -2.48. The zero-order valence-electron chi connectivity index (χ0n) is 12.9. The van der Waals surface area contributed by atoms with E-state index in [0.29, 0.717) is 16.8 Å². The molecule has 3 heterocycles. The molecule has 0 spiro atoms. The summed E-state index contributed by atoms with van der Waals surface area (Å²) in [7, 11) is 0. The first-order chi connectivity index (χ1) is 11.5. The van der Waals surface area contributed by atoms with E-state index >= 15 is 0 Å². The molecule has 2 N–H and O–H groups in total. The van der Waals surface area contributed by atoms with E-state index in [0.717, 1.165) is 16.8 Å². The molecule has 0 bridgehead atoms. The van der Waals surface area contributed by atoms with Gasteiger partial charge < -0.3 is 19.4 Å². The summed E-state index contributed by atoms with van der Waals surface area (Å²) in [5.41, 5.74) is 2.62. The molecule has 1 aliphatic rings. The van der Waals surface area contributed by atoms with Crippen molar-refractivity contribution < 1.29 is 19.1 Å². The zero-order valence-corrected chi connectivity index (χ0v) is 12.9. The van der Waals surface area contributed by atoms with E-state index in [1.807, 2.05) is 13.0 Å². The molecule has 0 aliphatic carbocycles. The summed E-state index contributed by atoms with van der Waals surface area (Å²) in [6.45, 7) is 2.04. The Morgan fingerprint density at radius 1 is 1.38 bits per heavy atom. The van der Waals surface area contributed by atoms with Crippen LogP contribution in [-0.4, -0.2) is 37.9 Å². The number of benzene rings is 1. The van der Waals surface area contributed by atoms with Gasteiger partial charge in [-0.3, -0.25) is 4.79 Å². The van der Waals surface area contributed by atoms with Crippen LogP contribution in [0.25, 0.3) is 11.0 Å². The van der Waals surface area contributed by atoms with Crippen molar-refractivity contribution in [2.45, 2.75) is 25.9 Å². The minimum absolute atomic E-state index is 0.201. The number of fused-ring (bicyclic) bond motifs is 2. The van der Waals surface area contributed by atoms with E-state index in [-0.39, 0.29) is 18.9 Å². The van der Waals surface area contributed by atoms with Gasteiger partial charge in [0.2, 0.25) is 0 Å². The third-order valence-corrected chi connectivity index (χ3v) is 4.33. The Kier molecular flexibility index (Phi) is 3.16. The third kappa shape index (κ3) is 2.25. The van der Waals surface area contributed by atoms with Crippen molar-refractivity contribution in [1.82, 2.24) is 14.9 Å². The first-order valence-electron chi connectivity index (χ1n) is 7.58. The van der Waals surface area contributed by atoms with Crippen molar-refractivity contribution in [3.8, 4) is 0 Å². The summed E-state index contributed by atoms with van der Waals surface area (Å²) >= 11 is 0. The summed E-state index contributed by atoms with van der Waals surface area (Å²) < 4.78 is 5.51. The molecule has 1 unspecified atom stereocenters. The molecular weight excluding hydrogens is 310 g/mol. The van der Waals surface area contributed by atoms with Crippen LogP contribution in [0.5, 0.6) is 0 Å². The molecule has 0 saturated heterocycles. The van der Waals surface area contributed by atoms with Crippen molar-refractivity contribution >= 4 is 22.8 Å². The van der Waals surface area contributed by atoms with Crippen molar-refractivity contribution in [2.75, 3.05) is 0 Å². The molecule has 1 aromatic carbocycles. The Hall–Kier alpha value is -3.09. The third-order valence-electron chi connectivity index (χ3n) is 4.33. The highest BCUT2D eigenvalue weighted by Gasteiger charge is 2.36. The van der Waals surface area contributed by atoms with E-state index in [1.165, 1.54) is 11.2 Å². The Morgan fingerprint density at radius 3 is 3.00 bits per heavy atom. The maximum Gasteiger partial charge on any atom is 0.326 e. The first kappa shape index (κ1) is 14.5. The lowest BCUT2D eigenvalue weighted by atomic mass is 10.0. The lowest BCUT2D eigenvalue weighted by Gasteiger charge is -2.32. The number of carbonyl (C=O) groups excluding carboxylic acids is 1. The van der Waals surface area contributed by atoms with E-state index in [4.69, 9.17) is 4.42 Å². The minimum Gasteiger partial charge on any atom is -0.480 e. The second kappa shape index (κ2) is 5.23. The molecule has 7 heteroatoms. The molecule has 0 fully saturated rings. The summed E-state index contributed by atoms with van der Waals surface area (Å²) in [6.07, 6.45) is 1.73. The highest BCUT2D eigenvalue weighted by atomic mass is 16.4. The van der Waals surface area contributed by atoms with Crippen molar-refractivity contribution in [3.63, 3.8) is 0 Å². The summed E-state index contributed by atoms with van der Waals surface area (Å²) in [5.74, 6) is -0.585. The number of imidazole rings is 1. The molecule has 1 atom stereocenters. The van der Waals surface area contributed by atoms with Crippen LogP contribution in [0.3, 0.4) is 0 Å². The number of aliphatic carboxylic acids is 1. The van der Waals surface area contributed by atoms with Crippen LogP contribution < -0.4 is 0 Å². The molecule has 24 heavy (non-hydrogen) atoms. The zero-order chi connectivity index (χ0) is 16.8. The predicted octanol–water partition coefficient (Wildman–Crippen LogP) is 2.12. The van der Waals surface area contributed by atoms with Crippen LogP contribution in [0.15, 0.2) is 35.0 Å². The van der Waals surface area contributed by atoms with E-state index in [2.05, 4.69) is 9.97 Å². The lowest BCUT2D eigenvalue weighted by molar-refractivity contribution is -0.142. The Labute approximate surface area is 136 Å². The Balaban J connectivity index is 1.71. The normalized spacial score (nSPS) is 17.0. The molecule has 2 aromatic heterocycles. The van der Waals surface area contributed by atoms with E-state index in [9.17, 15) is 14.7 Å². The number of amides is 1. The number of aromatic nitrogens is 2. The highest BCUT2D eigenvalue weighted by molar-refractivity contribution is 5.99. The number of hydrogen-bond donors (Lipinski definition) is 2. The van der Waals surface area contributed by atoms with Gasteiger partial charge in [-0.05, 0) is 31.2 Å². The first-order valence-corrected chi connectivity index (χ1v) is 7.58. The topological polar surface area (TPSA) is 99.4 Å². The number of nitrogens with zero attached hydrogens (tertiary/aromatic N) is 2. The second-order valence-corrected chi connectivity index (χ2v) is 5.93. The average Bonchev–Trinajstić information content (AvgIpc) is 3.16. The van der Waals surface area contributed by atoms with Gasteiger partial charge in [-0.2, -0.15) is 0 Å². The fraction of sp³-hybridized carbons (Fsp3) is 0.235. The summed E-state index contributed by atoms with van der Waals surface area (Å²) in [4.78, 5) is 33.0. The van der Waals surface area contributed by atoms with Gasteiger partial charge in [-0.15, -0.1) is 0 Å². The number of aromatic amines is 1. The smallest absolute Gasteiger partial charge is 0.326 e. The fourth-order valence-corrected chi connectivity index (χ4v) is 3.14. The number of carboxylic acids is 1. The average molecular weight is 325 g/mol. The molecule has 0 radical (unpaired) electrons. The van der Waals surface area contributed by atoms with Crippen molar-refractivity contribution in [2.24, 2.45) is 0 Å². The minimum atomic E-state index is -1.03. The molecule has 4 rings (SSSR count). The van der Waals surface area contributed by atoms with Gasteiger partial charge in [0.25, 0.3) is 5.91 Å². The van der Waals surface area contributed by atoms with Crippen LogP contribution in [0.4, 0.5) is 0 Å². The van der Waals surface area contributed by atoms with Gasteiger partial charge >= 0.3 is 5.97 Å². The van der Waals surface area contributed by atoms with Gasteiger partial charge in [-0.25, -0.2) is 9.78 Å². The molecule has 1 aliphatic heterocycles. The molecule has 7 nitrogen and oxygen atoms in total. The number of hydrogen-bond acceptors (Lipinski definition) is 4. The van der Waals surface area contributed by atoms with Crippen LogP contribution in [0, 0.1) is 6.92 Å². The number of rotatable bonds is 2. The van der Waals surface area contributed by atoms with Crippen molar-refractivity contribution in [3.05, 3.63) is 53.3 Å². The van der Waals surface area contributed by atoms with Crippen LogP contribution in [-0.2, 0) is 17.8 Å². The molecule has 0 saturated carbocycles. The van der Waals surface area contributed by atoms with Crippen LogP contribution >= 0.6 is 0 Å². The molecule has 1 amide bonds. The Morgan fingerprint density at radius 2 is 2.21 bits per heavy atom. The maximum atomic E-state index is 12.9. The van der Waals surface area contributed by atoms with E-state index in [1.54, 1.807) is 18.2 Å². The number of aryl methyl sites for hydroxylation is 1. The number of nitrogens with one attached hydrogen (secondary N) is 1. The highest BCUT2D eigenvalue weighted by Crippen LogP contribution is 2.25. The maximum absolute atomic E-state index is 12.9. The Bertz CT molecular complexity index is 956. The number of H-pyrrole nitrogens is 1. The molecule has 3 aromatic rings. The number of carbonyl (C=O) groups is 2. The second-order valence-electron chi connectivity index (χ2n) is 5.93. The van der Waals surface area contributed by atoms with Gasteiger partial charge in [-0.1, -0.05) is 0 Å². The van der Waals surface area contributed by atoms with Gasteiger partial charge in [0.1, 0.15) is 17.4 Å². The van der Waals surface area contributed by atoms with Gasteiger partial charge in [0.05, 0.1) is 24.3 Å². The molecule has 122 valence electrons. The van der Waals surface area contributed by atoms with Crippen LogP contribution in [0.2, 0.25) is 0 Å². The fourth-order valence-electron chi connectivity index (χ4n) is 3.14. The van der Waals surface area contributed by atoms with Gasteiger partial charge in [0, 0.05) is 17.4 Å². The van der Waals surface area contributed by atoms with Crippen molar-refractivity contribution in [1.29, 1.82) is 0 Å². The van der Waals surface area contributed by atoms with E-state index < -0.39 is 12.0 Å².